The molecule has 0 saturated carbocycles. The van der Waals surface area contributed by atoms with Gasteiger partial charge in [0, 0.05) is 18.0 Å². The maximum atomic E-state index is 11.8. The zero-order valence-electron chi connectivity index (χ0n) is 11.6. The molecule has 0 saturated heterocycles. The summed E-state index contributed by atoms with van der Waals surface area (Å²) in [4.78, 5) is 29.5. The Morgan fingerprint density at radius 1 is 1.41 bits per heavy atom. The van der Waals surface area contributed by atoms with Crippen molar-refractivity contribution in [3.63, 3.8) is 0 Å². The average molecular weight is 313 g/mol. The summed E-state index contributed by atoms with van der Waals surface area (Å²) in [6.45, 7) is 0.0579. The highest BCUT2D eigenvalue weighted by molar-refractivity contribution is 7.15. The lowest BCUT2D eigenvalue weighted by Crippen LogP contribution is -2.35. The third kappa shape index (κ3) is 1.75. The van der Waals surface area contributed by atoms with E-state index in [1.165, 1.54) is 11.3 Å². The minimum atomic E-state index is -0.0867. The first-order valence-electron chi connectivity index (χ1n) is 6.63. The predicted molar refractivity (Wildman–Crippen MR) is 82.8 cm³/mol. The number of carbonyl (C=O) groups is 2. The summed E-state index contributed by atoms with van der Waals surface area (Å²) in [5.41, 5.74) is 3.00. The number of benzene rings is 1. The van der Waals surface area contributed by atoms with Gasteiger partial charge in [-0.1, -0.05) is 0 Å². The number of amides is 1. The molecule has 0 N–H and O–H groups in total. The number of imidazole rings is 1. The van der Waals surface area contributed by atoms with Gasteiger partial charge in [-0.3, -0.25) is 14.0 Å². The van der Waals surface area contributed by atoms with E-state index in [4.69, 9.17) is 4.74 Å². The number of hydrogen-bond donors (Lipinski definition) is 0. The lowest BCUT2D eigenvalue weighted by molar-refractivity contribution is -0.120. The number of likely N-dealkylation sites (N-methyl/N-ethyl adjacent to an activating group) is 1. The van der Waals surface area contributed by atoms with Gasteiger partial charge in [-0.25, -0.2) is 4.98 Å². The van der Waals surface area contributed by atoms with Gasteiger partial charge in [0.2, 0.25) is 0 Å². The van der Waals surface area contributed by atoms with Crippen LogP contribution in [0.15, 0.2) is 29.8 Å². The van der Waals surface area contributed by atoms with Crippen molar-refractivity contribution in [2.75, 3.05) is 18.6 Å². The van der Waals surface area contributed by atoms with Crippen molar-refractivity contribution < 1.29 is 14.3 Å². The zero-order chi connectivity index (χ0) is 15.3. The standard InChI is InChI=1S/C15H11N3O3S/c1-17-11-4-9(2-3-13(11)21-7-14(17)20)12-8-22-15-16-5-10(6-19)18(12)15/h2-6,8H,7H2,1H3. The molecule has 0 unspecified atom stereocenters. The molecule has 0 atom stereocenters. The quantitative estimate of drug-likeness (QED) is 0.681. The SMILES string of the molecule is CN1C(=O)COc2ccc(-c3csc4ncc(C=O)n34)cc21. The van der Waals surface area contributed by atoms with Crippen LogP contribution in [0.5, 0.6) is 5.75 Å². The molecule has 0 aliphatic carbocycles. The predicted octanol–water partition coefficient (Wildman–Crippen LogP) is 2.23. The molecule has 1 aliphatic rings. The number of hydrogen-bond acceptors (Lipinski definition) is 5. The first-order valence-corrected chi connectivity index (χ1v) is 7.51. The van der Waals surface area contributed by atoms with Crippen LogP contribution >= 0.6 is 11.3 Å². The number of carbonyl (C=O) groups excluding carboxylic acids is 2. The number of fused-ring (bicyclic) bond motifs is 2. The lowest BCUT2D eigenvalue weighted by atomic mass is 10.1. The van der Waals surface area contributed by atoms with Crippen molar-refractivity contribution >= 4 is 34.2 Å². The van der Waals surface area contributed by atoms with E-state index in [1.807, 2.05) is 28.0 Å². The molecule has 1 aliphatic heterocycles. The number of aldehydes is 1. The van der Waals surface area contributed by atoms with Crippen LogP contribution in [0.25, 0.3) is 16.2 Å². The Labute approximate surface area is 129 Å². The highest BCUT2D eigenvalue weighted by Gasteiger charge is 2.23. The molecular formula is C15H11N3O3S. The van der Waals surface area contributed by atoms with Gasteiger partial charge in [-0.2, -0.15) is 0 Å². The zero-order valence-corrected chi connectivity index (χ0v) is 12.5. The summed E-state index contributed by atoms with van der Waals surface area (Å²) in [7, 11) is 1.73. The van der Waals surface area contributed by atoms with Gasteiger partial charge >= 0.3 is 0 Å². The number of anilines is 1. The van der Waals surface area contributed by atoms with Crippen LogP contribution in [-0.4, -0.2) is 35.2 Å². The normalized spacial score (nSPS) is 14.0. The Kier molecular flexibility index (Phi) is 2.77. The van der Waals surface area contributed by atoms with Crippen LogP contribution in [0.3, 0.4) is 0 Å². The topological polar surface area (TPSA) is 63.9 Å². The molecule has 1 amide bonds. The molecule has 3 heterocycles. The van der Waals surface area contributed by atoms with Gasteiger partial charge in [-0.15, -0.1) is 11.3 Å². The molecule has 3 aromatic rings. The summed E-state index contributed by atoms with van der Waals surface area (Å²) >= 11 is 1.46. The molecular weight excluding hydrogens is 302 g/mol. The lowest BCUT2D eigenvalue weighted by Gasteiger charge is -2.26. The van der Waals surface area contributed by atoms with Crippen LogP contribution in [0.4, 0.5) is 5.69 Å². The van der Waals surface area contributed by atoms with Crippen molar-refractivity contribution in [1.29, 1.82) is 0 Å². The van der Waals surface area contributed by atoms with E-state index in [1.54, 1.807) is 18.1 Å². The Bertz CT molecular complexity index is 912. The van der Waals surface area contributed by atoms with Gasteiger partial charge in [0.05, 0.1) is 17.6 Å². The third-order valence-corrected chi connectivity index (χ3v) is 4.58. The molecule has 0 bridgehead atoms. The number of aromatic nitrogens is 2. The molecule has 7 heteroatoms. The highest BCUT2D eigenvalue weighted by atomic mass is 32.1. The third-order valence-electron chi connectivity index (χ3n) is 3.74. The Hall–Kier alpha value is -2.67. The molecule has 22 heavy (non-hydrogen) atoms. The maximum absolute atomic E-state index is 11.8. The number of thiazole rings is 1. The average Bonchev–Trinajstić information content (AvgIpc) is 3.12. The van der Waals surface area contributed by atoms with Crippen LogP contribution in [0.1, 0.15) is 10.5 Å². The summed E-state index contributed by atoms with van der Waals surface area (Å²) in [5, 5.41) is 1.95. The molecule has 2 aromatic heterocycles. The van der Waals surface area contributed by atoms with Crippen molar-refractivity contribution in [3.05, 3.63) is 35.5 Å². The molecule has 110 valence electrons. The smallest absolute Gasteiger partial charge is 0.264 e. The van der Waals surface area contributed by atoms with Gasteiger partial charge in [0.1, 0.15) is 11.4 Å². The van der Waals surface area contributed by atoms with Crippen LogP contribution in [-0.2, 0) is 4.79 Å². The fraction of sp³-hybridized carbons (Fsp3) is 0.133. The number of nitrogens with zero attached hydrogens (tertiary/aromatic N) is 3. The molecule has 0 radical (unpaired) electrons. The highest BCUT2D eigenvalue weighted by Crippen LogP contribution is 2.36. The monoisotopic (exact) mass is 313 g/mol. The molecule has 6 nitrogen and oxygen atoms in total. The van der Waals surface area contributed by atoms with Crippen LogP contribution < -0.4 is 9.64 Å². The van der Waals surface area contributed by atoms with E-state index in [9.17, 15) is 9.59 Å². The summed E-state index contributed by atoms with van der Waals surface area (Å²) in [6, 6.07) is 5.65. The summed E-state index contributed by atoms with van der Waals surface area (Å²) in [6.07, 6.45) is 2.34. The summed E-state index contributed by atoms with van der Waals surface area (Å²) < 4.78 is 7.24. The second-order valence-corrected chi connectivity index (χ2v) is 5.80. The van der Waals surface area contributed by atoms with E-state index in [0.29, 0.717) is 11.4 Å². The minimum absolute atomic E-state index is 0.0579. The Balaban J connectivity index is 1.91. The minimum Gasteiger partial charge on any atom is -0.482 e. The first-order chi connectivity index (χ1) is 10.7. The largest absolute Gasteiger partial charge is 0.482 e. The second-order valence-electron chi connectivity index (χ2n) is 4.96. The van der Waals surface area contributed by atoms with Crippen LogP contribution in [0.2, 0.25) is 0 Å². The van der Waals surface area contributed by atoms with Crippen molar-refractivity contribution in [2.24, 2.45) is 0 Å². The maximum Gasteiger partial charge on any atom is 0.264 e. The van der Waals surface area contributed by atoms with Gasteiger partial charge in [0.15, 0.2) is 17.9 Å². The van der Waals surface area contributed by atoms with Gasteiger partial charge in [-0.05, 0) is 18.2 Å². The molecule has 4 rings (SSSR count). The van der Waals surface area contributed by atoms with E-state index >= 15 is 0 Å². The van der Waals surface area contributed by atoms with Crippen LogP contribution in [0, 0.1) is 0 Å². The summed E-state index contributed by atoms with van der Waals surface area (Å²) in [5.74, 6) is 0.592. The second kappa shape index (κ2) is 4.67. The van der Waals surface area contributed by atoms with Crippen molar-refractivity contribution in [2.45, 2.75) is 0 Å². The molecule has 0 spiro atoms. The molecule has 0 fully saturated rings. The Morgan fingerprint density at radius 3 is 3.09 bits per heavy atom. The van der Waals surface area contributed by atoms with E-state index < -0.39 is 0 Å². The van der Waals surface area contributed by atoms with Crippen molar-refractivity contribution in [1.82, 2.24) is 9.38 Å². The Morgan fingerprint density at radius 2 is 2.27 bits per heavy atom. The first kappa shape index (κ1) is 13.0. The molecule has 1 aromatic carbocycles. The fourth-order valence-electron chi connectivity index (χ4n) is 2.55. The number of ether oxygens (including phenoxy) is 1. The van der Waals surface area contributed by atoms with Crippen molar-refractivity contribution in [3.8, 4) is 17.0 Å². The van der Waals surface area contributed by atoms with Gasteiger partial charge < -0.3 is 9.64 Å². The van der Waals surface area contributed by atoms with E-state index in [-0.39, 0.29) is 12.5 Å². The van der Waals surface area contributed by atoms with E-state index in [0.717, 1.165) is 28.2 Å². The number of rotatable bonds is 2. The van der Waals surface area contributed by atoms with E-state index in [2.05, 4.69) is 4.98 Å². The van der Waals surface area contributed by atoms with Gasteiger partial charge in [0.25, 0.3) is 5.91 Å². The fourth-order valence-corrected chi connectivity index (χ4v) is 3.43.